The summed E-state index contributed by atoms with van der Waals surface area (Å²) < 4.78 is 0. The fraction of sp³-hybridized carbons (Fsp3) is 0.250. The van der Waals surface area contributed by atoms with Gasteiger partial charge in [0.25, 0.3) is 5.91 Å². The molecule has 0 saturated carbocycles. The van der Waals surface area contributed by atoms with Crippen molar-refractivity contribution >= 4 is 23.2 Å². The van der Waals surface area contributed by atoms with Crippen molar-refractivity contribution in [3.8, 4) is 0 Å². The molecule has 0 spiro atoms. The van der Waals surface area contributed by atoms with Crippen LogP contribution in [0, 0.1) is 0 Å². The number of nitrogen functional groups attached to an aromatic ring is 1. The van der Waals surface area contributed by atoms with Crippen molar-refractivity contribution in [2.75, 3.05) is 5.73 Å². The maximum Gasteiger partial charge on any atom is 0.272 e. The molecule has 0 unspecified atom stereocenters. The Balaban J connectivity index is 2.22. The zero-order chi connectivity index (χ0) is 15.4. The molecule has 21 heavy (non-hydrogen) atoms. The lowest BCUT2D eigenvalue weighted by Gasteiger charge is -2.26. The highest BCUT2D eigenvalue weighted by Crippen LogP contribution is 2.15. The van der Waals surface area contributed by atoms with Crippen molar-refractivity contribution in [3.63, 3.8) is 0 Å². The molecule has 0 radical (unpaired) electrons. The van der Waals surface area contributed by atoms with E-state index in [0.717, 1.165) is 5.56 Å². The summed E-state index contributed by atoms with van der Waals surface area (Å²) in [5.41, 5.74) is 7.85. The van der Waals surface area contributed by atoms with Gasteiger partial charge < -0.3 is 10.6 Å². The molecular formula is C16H18ClN3O. The van der Waals surface area contributed by atoms with Crippen LogP contribution in [-0.2, 0) is 6.54 Å². The highest BCUT2D eigenvalue weighted by atomic mass is 35.5. The van der Waals surface area contributed by atoms with E-state index in [9.17, 15) is 4.79 Å². The van der Waals surface area contributed by atoms with Crippen molar-refractivity contribution in [1.82, 2.24) is 9.88 Å². The highest BCUT2D eigenvalue weighted by molar-refractivity contribution is 6.30. The summed E-state index contributed by atoms with van der Waals surface area (Å²) in [5.74, 6) is -0.121. The topological polar surface area (TPSA) is 59.2 Å². The van der Waals surface area contributed by atoms with E-state index in [1.54, 1.807) is 17.0 Å². The zero-order valence-corrected chi connectivity index (χ0v) is 12.8. The molecule has 1 aromatic heterocycles. The van der Waals surface area contributed by atoms with Gasteiger partial charge in [0.05, 0.1) is 5.02 Å². The first-order chi connectivity index (χ1) is 9.97. The lowest BCUT2D eigenvalue weighted by atomic mass is 10.1. The third kappa shape index (κ3) is 3.95. The predicted octanol–water partition coefficient (Wildman–Crippen LogP) is 3.37. The monoisotopic (exact) mass is 303 g/mol. The number of hydrogen-bond donors (Lipinski definition) is 1. The molecule has 2 rings (SSSR count). The van der Waals surface area contributed by atoms with Crippen molar-refractivity contribution in [2.24, 2.45) is 0 Å². The second kappa shape index (κ2) is 6.59. The molecule has 2 aromatic rings. The smallest absolute Gasteiger partial charge is 0.272 e. The van der Waals surface area contributed by atoms with Crippen LogP contribution in [0.25, 0.3) is 0 Å². The number of benzene rings is 1. The molecule has 1 amide bonds. The molecule has 0 aliphatic heterocycles. The van der Waals surface area contributed by atoms with E-state index >= 15 is 0 Å². The Bertz CT molecular complexity index is 626. The van der Waals surface area contributed by atoms with Gasteiger partial charge in [-0.05, 0) is 43.7 Å². The van der Waals surface area contributed by atoms with Gasteiger partial charge in [-0.2, -0.15) is 0 Å². The SMILES string of the molecule is CC(C)N(Cc1cccc(N)c1)C(=O)c1ccc(Cl)cn1. The lowest BCUT2D eigenvalue weighted by molar-refractivity contribution is 0.0684. The Labute approximate surface area is 129 Å². The molecule has 0 saturated heterocycles. The minimum atomic E-state index is -0.121. The normalized spacial score (nSPS) is 10.7. The summed E-state index contributed by atoms with van der Waals surface area (Å²) in [6, 6.07) is 10.9. The summed E-state index contributed by atoms with van der Waals surface area (Å²) in [4.78, 5) is 18.4. The zero-order valence-electron chi connectivity index (χ0n) is 12.1. The van der Waals surface area contributed by atoms with E-state index in [1.165, 1.54) is 6.20 Å². The Hall–Kier alpha value is -2.07. The standard InChI is InChI=1S/C16H18ClN3O/c1-11(2)20(10-12-4-3-5-14(18)8-12)16(21)15-7-6-13(17)9-19-15/h3-9,11H,10,18H2,1-2H3. The van der Waals surface area contributed by atoms with Crippen molar-refractivity contribution < 1.29 is 4.79 Å². The second-order valence-electron chi connectivity index (χ2n) is 5.13. The van der Waals surface area contributed by atoms with Gasteiger partial charge in [-0.3, -0.25) is 4.79 Å². The Morgan fingerprint density at radius 1 is 1.33 bits per heavy atom. The molecule has 0 bridgehead atoms. The van der Waals surface area contributed by atoms with Gasteiger partial charge in [0.15, 0.2) is 0 Å². The first kappa shape index (κ1) is 15.3. The molecule has 0 fully saturated rings. The van der Waals surface area contributed by atoms with Crippen LogP contribution in [0.1, 0.15) is 29.9 Å². The molecular weight excluding hydrogens is 286 g/mol. The summed E-state index contributed by atoms with van der Waals surface area (Å²) in [6.07, 6.45) is 1.48. The van der Waals surface area contributed by atoms with Gasteiger partial charge in [-0.15, -0.1) is 0 Å². The van der Waals surface area contributed by atoms with Crippen LogP contribution in [0.2, 0.25) is 5.02 Å². The number of hydrogen-bond acceptors (Lipinski definition) is 3. The van der Waals surface area contributed by atoms with Gasteiger partial charge in [0.1, 0.15) is 5.69 Å². The summed E-state index contributed by atoms with van der Waals surface area (Å²) >= 11 is 5.80. The van der Waals surface area contributed by atoms with E-state index in [-0.39, 0.29) is 11.9 Å². The molecule has 4 nitrogen and oxygen atoms in total. The van der Waals surface area contributed by atoms with Crippen LogP contribution >= 0.6 is 11.6 Å². The fourth-order valence-corrected chi connectivity index (χ4v) is 2.14. The number of halogens is 1. The maximum absolute atomic E-state index is 12.6. The largest absolute Gasteiger partial charge is 0.399 e. The number of carbonyl (C=O) groups is 1. The average Bonchev–Trinajstić information content (AvgIpc) is 2.44. The first-order valence-electron chi connectivity index (χ1n) is 6.74. The third-order valence-electron chi connectivity index (χ3n) is 3.13. The predicted molar refractivity (Wildman–Crippen MR) is 85.1 cm³/mol. The van der Waals surface area contributed by atoms with E-state index in [4.69, 9.17) is 17.3 Å². The molecule has 110 valence electrons. The fourth-order valence-electron chi connectivity index (χ4n) is 2.03. The van der Waals surface area contributed by atoms with E-state index in [0.29, 0.717) is 22.9 Å². The molecule has 1 heterocycles. The van der Waals surface area contributed by atoms with Crippen molar-refractivity contribution in [1.29, 1.82) is 0 Å². The first-order valence-corrected chi connectivity index (χ1v) is 7.12. The molecule has 0 aliphatic carbocycles. The Kier molecular flexibility index (Phi) is 4.81. The van der Waals surface area contributed by atoms with Crippen molar-refractivity contribution in [3.05, 3.63) is 58.9 Å². The Morgan fingerprint density at radius 3 is 2.67 bits per heavy atom. The van der Waals surface area contributed by atoms with Crippen LogP contribution in [0.4, 0.5) is 5.69 Å². The lowest BCUT2D eigenvalue weighted by Crippen LogP contribution is -2.36. The van der Waals surface area contributed by atoms with E-state index in [1.807, 2.05) is 38.1 Å². The van der Waals surface area contributed by atoms with Gasteiger partial charge in [-0.1, -0.05) is 23.7 Å². The number of rotatable bonds is 4. The minimum Gasteiger partial charge on any atom is -0.399 e. The summed E-state index contributed by atoms with van der Waals surface area (Å²) in [7, 11) is 0. The van der Waals surface area contributed by atoms with E-state index in [2.05, 4.69) is 4.98 Å². The number of nitrogens with zero attached hydrogens (tertiary/aromatic N) is 2. The average molecular weight is 304 g/mol. The maximum atomic E-state index is 12.6. The number of pyridine rings is 1. The molecule has 5 heteroatoms. The summed E-state index contributed by atoms with van der Waals surface area (Å²) in [5, 5.41) is 0.512. The molecule has 0 atom stereocenters. The van der Waals surface area contributed by atoms with Gasteiger partial charge in [-0.25, -0.2) is 4.98 Å². The quantitative estimate of drug-likeness (QED) is 0.881. The highest BCUT2D eigenvalue weighted by Gasteiger charge is 2.20. The van der Waals surface area contributed by atoms with Gasteiger partial charge in [0, 0.05) is 24.5 Å². The molecule has 2 N–H and O–H groups in total. The number of anilines is 1. The van der Waals surface area contributed by atoms with Crippen molar-refractivity contribution in [2.45, 2.75) is 26.4 Å². The van der Waals surface area contributed by atoms with Crippen LogP contribution in [0.15, 0.2) is 42.6 Å². The van der Waals surface area contributed by atoms with Gasteiger partial charge in [0.2, 0.25) is 0 Å². The minimum absolute atomic E-state index is 0.0522. The number of nitrogens with two attached hydrogens (primary N) is 1. The number of amides is 1. The third-order valence-corrected chi connectivity index (χ3v) is 3.36. The van der Waals surface area contributed by atoms with Crippen LogP contribution in [0.5, 0.6) is 0 Å². The van der Waals surface area contributed by atoms with Crippen LogP contribution < -0.4 is 5.73 Å². The second-order valence-corrected chi connectivity index (χ2v) is 5.57. The Morgan fingerprint density at radius 2 is 2.10 bits per heavy atom. The van der Waals surface area contributed by atoms with E-state index < -0.39 is 0 Å². The molecule has 1 aromatic carbocycles. The number of aromatic nitrogens is 1. The van der Waals surface area contributed by atoms with Crippen LogP contribution in [0.3, 0.4) is 0 Å². The van der Waals surface area contributed by atoms with Crippen LogP contribution in [-0.4, -0.2) is 21.8 Å². The van der Waals surface area contributed by atoms with Gasteiger partial charge >= 0.3 is 0 Å². The summed E-state index contributed by atoms with van der Waals surface area (Å²) in [6.45, 7) is 4.44. The number of carbonyl (C=O) groups excluding carboxylic acids is 1. The molecule has 0 aliphatic rings.